The number of nitrogens with two attached hydrogens (primary N) is 1. The highest BCUT2D eigenvalue weighted by atomic mass is 32.2. The number of rotatable bonds is 4. The molecule has 0 aromatic carbocycles. The van der Waals surface area contributed by atoms with Crippen LogP contribution in [0.5, 0.6) is 0 Å². The van der Waals surface area contributed by atoms with Gasteiger partial charge in [0.1, 0.15) is 11.8 Å². The van der Waals surface area contributed by atoms with Crippen LogP contribution in [0.25, 0.3) is 0 Å². The van der Waals surface area contributed by atoms with Crippen molar-refractivity contribution >= 4 is 29.4 Å². The van der Waals surface area contributed by atoms with E-state index in [0.717, 1.165) is 18.0 Å². The van der Waals surface area contributed by atoms with E-state index in [-0.39, 0.29) is 22.4 Å². The molecule has 0 unspecified atom stereocenters. The van der Waals surface area contributed by atoms with E-state index in [0.29, 0.717) is 0 Å². The van der Waals surface area contributed by atoms with Crippen molar-refractivity contribution < 1.29 is 14.5 Å². The van der Waals surface area contributed by atoms with Crippen LogP contribution in [0.1, 0.15) is 20.8 Å². The first kappa shape index (κ1) is 15.2. The number of nitrogens with zero attached hydrogens (tertiary/aromatic N) is 3. The van der Waals surface area contributed by atoms with Crippen LogP contribution in [0.4, 0.5) is 11.6 Å². The first-order valence-corrected chi connectivity index (χ1v) is 6.29. The van der Waals surface area contributed by atoms with Crippen LogP contribution in [0, 0.1) is 10.1 Å². The summed E-state index contributed by atoms with van der Waals surface area (Å²) < 4.78 is 5.09. The Labute approximate surface area is 113 Å². The third-order valence-corrected chi connectivity index (χ3v) is 2.65. The molecule has 19 heavy (non-hydrogen) atoms. The maximum Gasteiger partial charge on any atom is 0.319 e. The molecular weight excluding hydrogens is 272 g/mol. The lowest BCUT2D eigenvalue weighted by molar-refractivity contribution is -0.388. The van der Waals surface area contributed by atoms with Crippen molar-refractivity contribution in [3.8, 4) is 0 Å². The lowest BCUT2D eigenvalue weighted by Gasteiger charge is -2.19. The van der Waals surface area contributed by atoms with Gasteiger partial charge in [0, 0.05) is 0 Å². The van der Waals surface area contributed by atoms with Crippen LogP contribution in [0.2, 0.25) is 0 Å². The lowest BCUT2D eigenvalue weighted by Crippen LogP contribution is -2.25. The van der Waals surface area contributed by atoms with Gasteiger partial charge in [0.25, 0.3) is 0 Å². The third kappa shape index (κ3) is 5.08. The molecule has 0 saturated carbocycles. The number of anilines is 1. The summed E-state index contributed by atoms with van der Waals surface area (Å²) in [6.45, 7) is 5.21. The minimum absolute atomic E-state index is 0.0448. The van der Waals surface area contributed by atoms with Gasteiger partial charge in [0.15, 0.2) is 5.03 Å². The number of hydrogen-bond acceptors (Lipinski definition) is 8. The Bertz CT molecular complexity index is 501. The van der Waals surface area contributed by atoms with E-state index in [1.165, 1.54) is 0 Å². The third-order valence-electron chi connectivity index (χ3n) is 1.70. The van der Waals surface area contributed by atoms with E-state index in [4.69, 9.17) is 10.5 Å². The number of carbonyl (C=O) groups is 1. The predicted molar refractivity (Wildman–Crippen MR) is 69.7 cm³/mol. The molecule has 104 valence electrons. The van der Waals surface area contributed by atoms with Gasteiger partial charge in [0.05, 0.1) is 10.7 Å². The van der Waals surface area contributed by atoms with Crippen LogP contribution in [-0.4, -0.2) is 32.2 Å². The number of aromatic nitrogens is 2. The number of carbonyl (C=O) groups excluding carboxylic acids is 1. The molecule has 0 spiro atoms. The van der Waals surface area contributed by atoms with E-state index >= 15 is 0 Å². The van der Waals surface area contributed by atoms with Crippen molar-refractivity contribution in [3.63, 3.8) is 0 Å². The average molecular weight is 286 g/mol. The number of nitrogen functional groups attached to an aromatic ring is 1. The summed E-state index contributed by atoms with van der Waals surface area (Å²) in [5.41, 5.74) is 4.47. The van der Waals surface area contributed by atoms with Crippen LogP contribution in [0.15, 0.2) is 11.2 Å². The fourth-order valence-corrected chi connectivity index (χ4v) is 1.85. The SMILES string of the molecule is CC(C)(C)OC(=O)CSc1nc(N)ncc1[N+](=O)[O-]. The first-order valence-electron chi connectivity index (χ1n) is 5.30. The van der Waals surface area contributed by atoms with Crippen LogP contribution >= 0.6 is 11.8 Å². The first-order chi connectivity index (χ1) is 8.69. The second-order valence-electron chi connectivity index (χ2n) is 4.55. The zero-order chi connectivity index (χ0) is 14.6. The van der Waals surface area contributed by atoms with E-state index in [1.54, 1.807) is 20.8 Å². The van der Waals surface area contributed by atoms with Gasteiger partial charge in [-0.1, -0.05) is 11.8 Å². The number of hydrogen-bond donors (Lipinski definition) is 1. The Morgan fingerprint density at radius 2 is 2.21 bits per heavy atom. The van der Waals surface area contributed by atoms with Gasteiger partial charge < -0.3 is 10.5 Å². The molecule has 1 rings (SSSR count). The molecule has 0 fully saturated rings. The second-order valence-corrected chi connectivity index (χ2v) is 5.51. The minimum atomic E-state index is -0.628. The molecule has 0 bridgehead atoms. The molecule has 0 aliphatic rings. The summed E-state index contributed by atoms with van der Waals surface area (Å²) in [4.78, 5) is 28.9. The maximum atomic E-state index is 11.5. The molecule has 0 saturated heterocycles. The highest BCUT2D eigenvalue weighted by Crippen LogP contribution is 2.27. The molecule has 0 radical (unpaired) electrons. The maximum absolute atomic E-state index is 11.5. The van der Waals surface area contributed by atoms with Crippen molar-refractivity contribution in [2.24, 2.45) is 0 Å². The quantitative estimate of drug-likeness (QED) is 0.290. The number of nitro groups is 1. The molecule has 2 N–H and O–H groups in total. The van der Waals surface area contributed by atoms with Gasteiger partial charge in [-0.25, -0.2) is 4.98 Å². The van der Waals surface area contributed by atoms with Crippen molar-refractivity contribution in [2.75, 3.05) is 11.5 Å². The highest BCUT2D eigenvalue weighted by Gasteiger charge is 2.21. The summed E-state index contributed by atoms with van der Waals surface area (Å²) in [6.07, 6.45) is 1.01. The van der Waals surface area contributed by atoms with Gasteiger partial charge in [-0.15, -0.1) is 0 Å². The smallest absolute Gasteiger partial charge is 0.319 e. The van der Waals surface area contributed by atoms with Gasteiger partial charge in [-0.2, -0.15) is 4.98 Å². The molecule has 9 heteroatoms. The van der Waals surface area contributed by atoms with Crippen molar-refractivity contribution in [2.45, 2.75) is 31.4 Å². The summed E-state index contributed by atoms with van der Waals surface area (Å²) in [6, 6.07) is 0. The highest BCUT2D eigenvalue weighted by molar-refractivity contribution is 8.00. The summed E-state index contributed by atoms with van der Waals surface area (Å²) in [5.74, 6) is -0.657. The molecule has 0 atom stereocenters. The standard InChI is InChI=1S/C10H14N4O4S/c1-10(2,3)18-7(15)5-19-8-6(14(16)17)4-12-9(11)13-8/h4H,5H2,1-3H3,(H2,11,12,13). The molecule has 1 aromatic rings. The number of thioether (sulfide) groups is 1. The Kier molecular flexibility index (Phi) is 4.65. The minimum Gasteiger partial charge on any atom is -0.459 e. The molecule has 1 heterocycles. The predicted octanol–water partition coefficient (Wildman–Crippen LogP) is 1.40. The van der Waals surface area contributed by atoms with Crippen LogP contribution in [-0.2, 0) is 9.53 Å². The molecule has 0 aliphatic carbocycles. The zero-order valence-electron chi connectivity index (χ0n) is 10.7. The van der Waals surface area contributed by atoms with Gasteiger partial charge in [0.2, 0.25) is 5.95 Å². The Hall–Kier alpha value is -1.90. The zero-order valence-corrected chi connectivity index (χ0v) is 11.6. The Morgan fingerprint density at radius 3 is 2.74 bits per heavy atom. The normalized spacial score (nSPS) is 11.1. The van der Waals surface area contributed by atoms with Gasteiger partial charge in [-0.05, 0) is 20.8 Å². The van der Waals surface area contributed by atoms with Gasteiger partial charge in [-0.3, -0.25) is 14.9 Å². The Balaban J connectivity index is 2.75. The molecular formula is C10H14N4O4S. The summed E-state index contributed by atoms with van der Waals surface area (Å²) in [5, 5.41) is 10.8. The average Bonchev–Trinajstić information content (AvgIpc) is 2.23. The van der Waals surface area contributed by atoms with Crippen molar-refractivity contribution in [3.05, 3.63) is 16.3 Å². The van der Waals surface area contributed by atoms with E-state index in [2.05, 4.69) is 9.97 Å². The molecule has 1 aromatic heterocycles. The van der Waals surface area contributed by atoms with E-state index in [1.807, 2.05) is 0 Å². The molecule has 8 nitrogen and oxygen atoms in total. The number of esters is 1. The second kappa shape index (κ2) is 5.83. The molecule has 0 amide bonds. The number of ether oxygens (including phenoxy) is 1. The van der Waals surface area contributed by atoms with E-state index < -0.39 is 16.5 Å². The summed E-state index contributed by atoms with van der Waals surface area (Å²) >= 11 is 0.891. The van der Waals surface area contributed by atoms with Crippen LogP contribution < -0.4 is 5.73 Å². The monoisotopic (exact) mass is 286 g/mol. The largest absolute Gasteiger partial charge is 0.459 e. The van der Waals surface area contributed by atoms with Crippen molar-refractivity contribution in [1.29, 1.82) is 0 Å². The van der Waals surface area contributed by atoms with Crippen molar-refractivity contribution in [1.82, 2.24) is 9.97 Å². The van der Waals surface area contributed by atoms with Gasteiger partial charge >= 0.3 is 11.7 Å². The molecule has 0 aliphatic heterocycles. The fourth-order valence-electron chi connectivity index (χ4n) is 1.10. The fraction of sp³-hybridized carbons (Fsp3) is 0.500. The Morgan fingerprint density at radius 1 is 1.58 bits per heavy atom. The van der Waals surface area contributed by atoms with E-state index in [9.17, 15) is 14.9 Å². The lowest BCUT2D eigenvalue weighted by atomic mass is 10.2. The van der Waals surface area contributed by atoms with Crippen LogP contribution in [0.3, 0.4) is 0 Å². The summed E-state index contributed by atoms with van der Waals surface area (Å²) in [7, 11) is 0. The topological polar surface area (TPSA) is 121 Å².